The van der Waals surface area contributed by atoms with Gasteiger partial charge in [-0.05, 0) is 39.3 Å². The maximum Gasteiger partial charge on any atom is 0.514 e. The third kappa shape index (κ3) is 5.05. The maximum absolute atomic E-state index is 11.3. The van der Waals surface area contributed by atoms with Gasteiger partial charge >= 0.3 is 6.16 Å². The Balaban J connectivity index is 2.51. The Morgan fingerprint density at radius 3 is 2.73 bits per heavy atom. The summed E-state index contributed by atoms with van der Waals surface area (Å²) in [5, 5.41) is 0. The fraction of sp³-hybridized carbons (Fsp3) is 0.417. The van der Waals surface area contributed by atoms with Crippen LogP contribution in [0.5, 0.6) is 0 Å². The van der Waals surface area contributed by atoms with Crippen molar-refractivity contribution >= 4 is 6.16 Å². The van der Waals surface area contributed by atoms with Gasteiger partial charge in [0, 0.05) is 0 Å². The van der Waals surface area contributed by atoms with Gasteiger partial charge in [0.1, 0.15) is 11.4 Å². The van der Waals surface area contributed by atoms with E-state index in [1.165, 1.54) is 0 Å². The zero-order chi connectivity index (χ0) is 11.3. The molecule has 0 aromatic carbocycles. The number of allylic oxidation sites excluding steroid dienone is 5. The lowest BCUT2D eigenvalue weighted by atomic mass is 10.2. The average Bonchev–Trinajstić information content (AvgIpc) is 2.28. The smallest absolute Gasteiger partial charge is 0.428 e. The van der Waals surface area contributed by atoms with Crippen molar-refractivity contribution in [3.63, 3.8) is 0 Å². The standard InChI is InChI=1S/C12H16O3/c1-12(2,3)15-11(13)14-10-8-6-4-5-7-9-10/h4,6-9H,5H2,1-3H3. The molecule has 0 amide bonds. The van der Waals surface area contributed by atoms with E-state index >= 15 is 0 Å². The van der Waals surface area contributed by atoms with Gasteiger partial charge in [-0.25, -0.2) is 4.79 Å². The molecule has 0 bridgehead atoms. The summed E-state index contributed by atoms with van der Waals surface area (Å²) >= 11 is 0. The Morgan fingerprint density at radius 2 is 2.07 bits per heavy atom. The minimum atomic E-state index is -0.672. The summed E-state index contributed by atoms with van der Waals surface area (Å²) < 4.78 is 10.0. The summed E-state index contributed by atoms with van der Waals surface area (Å²) in [6, 6.07) is 0. The second-order valence-corrected chi connectivity index (χ2v) is 4.20. The number of ether oxygens (including phenoxy) is 2. The molecule has 3 heteroatoms. The molecule has 1 aliphatic carbocycles. The van der Waals surface area contributed by atoms with Crippen LogP contribution in [0, 0.1) is 0 Å². The van der Waals surface area contributed by atoms with Gasteiger partial charge < -0.3 is 9.47 Å². The van der Waals surface area contributed by atoms with E-state index in [1.54, 1.807) is 32.9 Å². The molecule has 3 nitrogen and oxygen atoms in total. The molecule has 0 unspecified atom stereocenters. The van der Waals surface area contributed by atoms with Crippen molar-refractivity contribution in [3.05, 3.63) is 36.1 Å². The van der Waals surface area contributed by atoms with Crippen LogP contribution in [0.15, 0.2) is 36.1 Å². The molecule has 0 radical (unpaired) electrons. The Labute approximate surface area is 90.1 Å². The lowest BCUT2D eigenvalue weighted by Crippen LogP contribution is -2.24. The first-order chi connectivity index (χ1) is 6.97. The largest absolute Gasteiger partial charge is 0.514 e. The molecule has 82 valence electrons. The first-order valence-corrected chi connectivity index (χ1v) is 4.91. The van der Waals surface area contributed by atoms with E-state index in [9.17, 15) is 4.79 Å². The highest BCUT2D eigenvalue weighted by molar-refractivity contribution is 5.62. The van der Waals surface area contributed by atoms with Crippen LogP contribution < -0.4 is 0 Å². The summed E-state index contributed by atoms with van der Waals surface area (Å²) in [6.45, 7) is 5.39. The number of hydrogen-bond donors (Lipinski definition) is 0. The number of rotatable bonds is 1. The second kappa shape index (κ2) is 4.82. The molecule has 1 rings (SSSR count). The fourth-order valence-corrected chi connectivity index (χ4v) is 0.995. The molecule has 0 saturated heterocycles. The number of hydrogen-bond acceptors (Lipinski definition) is 3. The molecule has 0 spiro atoms. The van der Waals surface area contributed by atoms with Crippen LogP contribution in [-0.2, 0) is 9.47 Å². The molecular weight excluding hydrogens is 192 g/mol. The van der Waals surface area contributed by atoms with Crippen molar-refractivity contribution in [1.29, 1.82) is 0 Å². The van der Waals surface area contributed by atoms with Crippen LogP contribution in [0.4, 0.5) is 4.79 Å². The lowest BCUT2D eigenvalue weighted by Gasteiger charge is -2.18. The maximum atomic E-state index is 11.3. The summed E-state index contributed by atoms with van der Waals surface area (Å²) in [5.41, 5.74) is -0.526. The first-order valence-electron chi connectivity index (χ1n) is 4.91. The minimum absolute atomic E-state index is 0.498. The van der Waals surface area contributed by atoms with Crippen molar-refractivity contribution in [2.75, 3.05) is 0 Å². The van der Waals surface area contributed by atoms with Gasteiger partial charge in [0.2, 0.25) is 0 Å². The van der Waals surface area contributed by atoms with Gasteiger partial charge in [0.25, 0.3) is 0 Å². The zero-order valence-corrected chi connectivity index (χ0v) is 9.32. The van der Waals surface area contributed by atoms with E-state index in [0.717, 1.165) is 6.42 Å². The van der Waals surface area contributed by atoms with Crippen molar-refractivity contribution in [2.24, 2.45) is 0 Å². The van der Waals surface area contributed by atoms with Gasteiger partial charge in [-0.1, -0.05) is 18.2 Å². The van der Waals surface area contributed by atoms with Gasteiger partial charge in [-0.3, -0.25) is 0 Å². The number of carbonyl (C=O) groups is 1. The Bertz CT molecular complexity index is 316. The molecule has 0 heterocycles. The van der Waals surface area contributed by atoms with Crippen molar-refractivity contribution in [2.45, 2.75) is 32.8 Å². The minimum Gasteiger partial charge on any atom is -0.428 e. The molecule has 15 heavy (non-hydrogen) atoms. The van der Waals surface area contributed by atoms with Gasteiger partial charge in [0.15, 0.2) is 0 Å². The molecule has 0 aromatic rings. The van der Waals surface area contributed by atoms with Gasteiger partial charge in [-0.15, -0.1) is 0 Å². The highest BCUT2D eigenvalue weighted by Crippen LogP contribution is 2.12. The van der Waals surface area contributed by atoms with E-state index in [2.05, 4.69) is 0 Å². The van der Waals surface area contributed by atoms with Crippen LogP contribution >= 0.6 is 0 Å². The average molecular weight is 208 g/mol. The topological polar surface area (TPSA) is 35.5 Å². The fourth-order valence-electron chi connectivity index (χ4n) is 0.995. The van der Waals surface area contributed by atoms with Crippen LogP contribution in [0.3, 0.4) is 0 Å². The molecule has 0 aliphatic heterocycles. The molecular formula is C12H16O3. The third-order valence-electron chi connectivity index (χ3n) is 1.54. The summed E-state index contributed by atoms with van der Waals surface area (Å²) in [7, 11) is 0. The Morgan fingerprint density at radius 1 is 1.33 bits per heavy atom. The van der Waals surface area contributed by atoms with Crippen molar-refractivity contribution in [1.82, 2.24) is 0 Å². The normalized spacial score (nSPS) is 15.5. The lowest BCUT2D eigenvalue weighted by molar-refractivity contribution is 0.00792. The SMILES string of the molecule is CC(C)(C)OC(=O)OC1=CC=CCC=C1. The predicted octanol–water partition coefficient (Wildman–Crippen LogP) is 3.34. The molecule has 0 N–H and O–H groups in total. The van der Waals surface area contributed by atoms with E-state index in [0.29, 0.717) is 5.76 Å². The molecule has 0 atom stereocenters. The second-order valence-electron chi connectivity index (χ2n) is 4.20. The van der Waals surface area contributed by atoms with Crippen LogP contribution in [0.25, 0.3) is 0 Å². The molecule has 0 fully saturated rings. The Kier molecular flexibility index (Phi) is 3.72. The Hall–Kier alpha value is -1.51. The van der Waals surface area contributed by atoms with E-state index < -0.39 is 11.8 Å². The summed E-state index contributed by atoms with van der Waals surface area (Å²) in [6.07, 6.45) is 9.39. The predicted molar refractivity (Wildman–Crippen MR) is 58.3 cm³/mol. The van der Waals surface area contributed by atoms with E-state index in [1.807, 2.05) is 18.2 Å². The monoisotopic (exact) mass is 208 g/mol. The molecule has 0 aromatic heterocycles. The van der Waals surface area contributed by atoms with Gasteiger partial charge in [0.05, 0.1) is 0 Å². The molecule has 0 saturated carbocycles. The summed E-state index contributed by atoms with van der Waals surface area (Å²) in [5.74, 6) is 0.498. The van der Waals surface area contributed by atoms with Crippen molar-refractivity contribution in [3.8, 4) is 0 Å². The van der Waals surface area contributed by atoms with Gasteiger partial charge in [-0.2, -0.15) is 0 Å². The highest BCUT2D eigenvalue weighted by Gasteiger charge is 2.18. The van der Waals surface area contributed by atoms with Crippen LogP contribution in [0.2, 0.25) is 0 Å². The third-order valence-corrected chi connectivity index (χ3v) is 1.54. The molecule has 1 aliphatic rings. The van der Waals surface area contributed by atoms with E-state index in [-0.39, 0.29) is 0 Å². The van der Waals surface area contributed by atoms with Crippen molar-refractivity contribution < 1.29 is 14.3 Å². The first kappa shape index (κ1) is 11.6. The zero-order valence-electron chi connectivity index (χ0n) is 9.32. The highest BCUT2D eigenvalue weighted by atomic mass is 16.7. The quantitative estimate of drug-likeness (QED) is 0.620. The van der Waals surface area contributed by atoms with Crippen LogP contribution in [0.1, 0.15) is 27.2 Å². The van der Waals surface area contributed by atoms with Crippen LogP contribution in [-0.4, -0.2) is 11.8 Å². The summed E-state index contributed by atoms with van der Waals surface area (Å²) in [4.78, 5) is 11.3. The number of carbonyl (C=O) groups excluding carboxylic acids is 1. The van der Waals surface area contributed by atoms with E-state index in [4.69, 9.17) is 9.47 Å².